The first-order valence-corrected chi connectivity index (χ1v) is 5.46. The van der Waals surface area contributed by atoms with E-state index >= 15 is 0 Å². The second kappa shape index (κ2) is 3.74. The first-order valence-electron chi connectivity index (χ1n) is 4.65. The van der Waals surface area contributed by atoms with Crippen molar-refractivity contribution in [2.24, 2.45) is 0 Å². The Labute approximate surface area is 87.9 Å². The maximum Gasteiger partial charge on any atom is 0.229 e. The number of hydrogen-bond donors (Lipinski definition) is 1. The van der Waals surface area contributed by atoms with Crippen LogP contribution in [0.4, 0.5) is 5.13 Å². The van der Waals surface area contributed by atoms with Crippen molar-refractivity contribution < 1.29 is 4.74 Å². The number of thiazole rings is 1. The molecule has 0 spiro atoms. The monoisotopic (exact) mass is 213 g/mol. The van der Waals surface area contributed by atoms with E-state index in [-0.39, 0.29) is 0 Å². The van der Waals surface area contributed by atoms with E-state index in [0.29, 0.717) is 5.92 Å². The van der Waals surface area contributed by atoms with Gasteiger partial charge in [0.15, 0.2) is 5.13 Å². The molecule has 0 aliphatic carbocycles. The molecule has 1 aromatic rings. The fourth-order valence-electron chi connectivity index (χ4n) is 1.38. The fourth-order valence-corrected chi connectivity index (χ4v) is 2.43. The highest BCUT2D eigenvalue weighted by molar-refractivity contribution is 7.16. The quantitative estimate of drug-likeness (QED) is 0.809. The summed E-state index contributed by atoms with van der Waals surface area (Å²) in [4.78, 5) is 7.72. The molecule has 0 atom stereocenters. The highest BCUT2D eigenvalue weighted by Crippen LogP contribution is 2.37. The van der Waals surface area contributed by atoms with E-state index in [1.165, 1.54) is 4.88 Å². The molecule has 1 saturated heterocycles. The summed E-state index contributed by atoms with van der Waals surface area (Å²) in [5.74, 6) is 1.39. The Balaban J connectivity index is 2.27. The Morgan fingerprint density at radius 1 is 1.50 bits per heavy atom. The summed E-state index contributed by atoms with van der Waals surface area (Å²) in [7, 11) is 5.69. The van der Waals surface area contributed by atoms with E-state index in [2.05, 4.69) is 10.3 Å². The lowest BCUT2D eigenvalue weighted by molar-refractivity contribution is 0.378. The van der Waals surface area contributed by atoms with Crippen LogP contribution >= 0.6 is 11.3 Å². The van der Waals surface area contributed by atoms with Gasteiger partial charge in [0.25, 0.3) is 0 Å². The summed E-state index contributed by atoms with van der Waals surface area (Å²) >= 11 is 1.73. The van der Waals surface area contributed by atoms with Gasteiger partial charge in [0.1, 0.15) is 0 Å². The minimum atomic E-state index is 0.594. The van der Waals surface area contributed by atoms with Crippen LogP contribution in [0.25, 0.3) is 0 Å². The van der Waals surface area contributed by atoms with Gasteiger partial charge in [-0.15, -0.1) is 0 Å². The number of anilines is 1. The largest absolute Gasteiger partial charge is 0.480 e. The summed E-state index contributed by atoms with van der Waals surface area (Å²) in [6.07, 6.45) is 0. The molecular weight excluding hydrogens is 198 g/mol. The normalized spacial score (nSPS) is 16.5. The molecule has 5 heteroatoms. The van der Waals surface area contributed by atoms with E-state index < -0.39 is 0 Å². The molecule has 2 rings (SSSR count). The summed E-state index contributed by atoms with van der Waals surface area (Å²) in [5, 5.41) is 4.28. The Morgan fingerprint density at radius 3 is 2.64 bits per heavy atom. The lowest BCUT2D eigenvalue weighted by Gasteiger charge is -2.25. The van der Waals surface area contributed by atoms with Crippen LogP contribution in [-0.4, -0.2) is 39.3 Å². The maximum atomic E-state index is 5.28. The molecular formula is C9H15N3OS. The number of rotatable bonds is 3. The molecule has 4 nitrogen and oxygen atoms in total. The number of hydrogen-bond acceptors (Lipinski definition) is 5. The Hall–Kier alpha value is -0.810. The predicted octanol–water partition coefficient (Wildman–Crippen LogP) is 0.905. The van der Waals surface area contributed by atoms with Crippen molar-refractivity contribution in [2.45, 2.75) is 5.92 Å². The van der Waals surface area contributed by atoms with Crippen LogP contribution in [0, 0.1) is 0 Å². The number of methoxy groups -OCH3 is 1. The lowest BCUT2D eigenvalue weighted by atomic mass is 10.0. The van der Waals surface area contributed by atoms with Gasteiger partial charge < -0.3 is 15.0 Å². The number of nitrogens with zero attached hydrogens (tertiary/aromatic N) is 2. The van der Waals surface area contributed by atoms with E-state index in [1.54, 1.807) is 18.4 Å². The van der Waals surface area contributed by atoms with Gasteiger partial charge in [-0.1, -0.05) is 11.3 Å². The van der Waals surface area contributed by atoms with Crippen molar-refractivity contribution in [3.63, 3.8) is 0 Å². The van der Waals surface area contributed by atoms with E-state index in [4.69, 9.17) is 4.74 Å². The fraction of sp³-hybridized carbons (Fsp3) is 0.667. The van der Waals surface area contributed by atoms with Crippen molar-refractivity contribution >= 4 is 16.5 Å². The van der Waals surface area contributed by atoms with Gasteiger partial charge >= 0.3 is 0 Å². The first-order chi connectivity index (χ1) is 6.72. The van der Waals surface area contributed by atoms with Crippen molar-refractivity contribution in [1.82, 2.24) is 10.3 Å². The number of nitrogens with one attached hydrogen (secondary N) is 1. The molecule has 14 heavy (non-hydrogen) atoms. The zero-order valence-electron chi connectivity index (χ0n) is 8.70. The Morgan fingerprint density at radius 2 is 2.21 bits per heavy atom. The smallest absolute Gasteiger partial charge is 0.229 e. The maximum absolute atomic E-state index is 5.28. The molecule has 0 bridgehead atoms. The molecule has 78 valence electrons. The van der Waals surface area contributed by atoms with E-state index in [0.717, 1.165) is 24.1 Å². The van der Waals surface area contributed by atoms with E-state index in [1.807, 2.05) is 19.0 Å². The minimum absolute atomic E-state index is 0.594. The van der Waals surface area contributed by atoms with Gasteiger partial charge in [-0.05, 0) is 0 Å². The van der Waals surface area contributed by atoms with Gasteiger partial charge in [-0.3, -0.25) is 0 Å². The average Bonchev–Trinajstić information content (AvgIpc) is 2.45. The summed E-state index contributed by atoms with van der Waals surface area (Å²) < 4.78 is 5.28. The third-order valence-electron chi connectivity index (χ3n) is 2.34. The second-order valence-electron chi connectivity index (χ2n) is 3.62. The van der Waals surface area contributed by atoms with Crippen LogP contribution in [-0.2, 0) is 0 Å². The molecule has 1 aliphatic rings. The van der Waals surface area contributed by atoms with Crippen molar-refractivity contribution in [3.8, 4) is 5.88 Å². The summed E-state index contributed by atoms with van der Waals surface area (Å²) in [6, 6.07) is 0. The van der Waals surface area contributed by atoms with Gasteiger partial charge in [0, 0.05) is 33.1 Å². The SMILES string of the molecule is COc1nc(N(C)C)sc1C1CNC1. The Bertz CT molecular complexity index is 320. The molecule has 0 saturated carbocycles. The molecule has 0 amide bonds. The summed E-state index contributed by atoms with van der Waals surface area (Å²) in [5.41, 5.74) is 0. The van der Waals surface area contributed by atoms with Crippen LogP contribution in [0.5, 0.6) is 5.88 Å². The highest BCUT2D eigenvalue weighted by atomic mass is 32.1. The van der Waals surface area contributed by atoms with Crippen LogP contribution in [0.15, 0.2) is 0 Å². The molecule has 1 aliphatic heterocycles. The molecule has 1 aromatic heterocycles. The standard InChI is InChI=1S/C9H15N3OS/c1-12(2)9-11-8(13-3)7(14-9)6-4-10-5-6/h6,10H,4-5H2,1-3H3. The van der Waals surface area contributed by atoms with Crippen molar-refractivity contribution in [3.05, 3.63) is 4.88 Å². The van der Waals surface area contributed by atoms with Crippen LogP contribution in [0.3, 0.4) is 0 Å². The zero-order valence-corrected chi connectivity index (χ0v) is 9.52. The average molecular weight is 213 g/mol. The van der Waals surface area contributed by atoms with Gasteiger partial charge in [0.2, 0.25) is 5.88 Å². The van der Waals surface area contributed by atoms with Gasteiger partial charge in [-0.2, -0.15) is 4.98 Å². The molecule has 1 fully saturated rings. The van der Waals surface area contributed by atoms with Crippen LogP contribution in [0.2, 0.25) is 0 Å². The summed E-state index contributed by atoms with van der Waals surface area (Å²) in [6.45, 7) is 2.09. The van der Waals surface area contributed by atoms with Gasteiger partial charge in [0.05, 0.1) is 12.0 Å². The van der Waals surface area contributed by atoms with Crippen molar-refractivity contribution in [1.29, 1.82) is 0 Å². The highest BCUT2D eigenvalue weighted by Gasteiger charge is 2.26. The molecule has 0 radical (unpaired) electrons. The molecule has 0 aromatic carbocycles. The molecule has 2 heterocycles. The number of ether oxygens (including phenoxy) is 1. The first kappa shape index (κ1) is 9.73. The third-order valence-corrected chi connectivity index (χ3v) is 3.70. The second-order valence-corrected chi connectivity index (χ2v) is 4.63. The lowest BCUT2D eigenvalue weighted by Crippen LogP contribution is -2.39. The Kier molecular flexibility index (Phi) is 2.60. The molecule has 0 unspecified atom stereocenters. The van der Waals surface area contributed by atoms with E-state index in [9.17, 15) is 0 Å². The molecule has 1 N–H and O–H groups in total. The third kappa shape index (κ3) is 1.57. The van der Waals surface area contributed by atoms with Gasteiger partial charge in [-0.25, -0.2) is 0 Å². The minimum Gasteiger partial charge on any atom is -0.480 e. The number of aromatic nitrogens is 1. The van der Waals surface area contributed by atoms with Crippen LogP contribution in [0.1, 0.15) is 10.8 Å². The predicted molar refractivity (Wildman–Crippen MR) is 58.6 cm³/mol. The topological polar surface area (TPSA) is 37.4 Å². The van der Waals surface area contributed by atoms with Crippen LogP contribution < -0.4 is 15.0 Å². The van der Waals surface area contributed by atoms with Crippen molar-refractivity contribution in [2.75, 3.05) is 39.2 Å². The zero-order chi connectivity index (χ0) is 10.1.